The van der Waals surface area contributed by atoms with Gasteiger partial charge < -0.3 is 15.0 Å². The molecule has 0 saturated carbocycles. The van der Waals surface area contributed by atoms with Crippen molar-refractivity contribution >= 4 is 16.9 Å². The first-order valence-electron chi connectivity index (χ1n) is 9.06. The van der Waals surface area contributed by atoms with E-state index < -0.39 is 12.1 Å². The van der Waals surface area contributed by atoms with E-state index in [0.29, 0.717) is 0 Å². The fourth-order valence-electron chi connectivity index (χ4n) is 3.12. The number of fused-ring (bicyclic) bond motifs is 1. The van der Waals surface area contributed by atoms with Crippen LogP contribution in [0.4, 0.5) is 13.2 Å². The number of likely N-dealkylation sites (N-methyl/N-ethyl adjacent to an activating group) is 1. The van der Waals surface area contributed by atoms with Crippen LogP contribution < -0.4 is 0 Å². The van der Waals surface area contributed by atoms with Crippen LogP contribution in [0.25, 0.3) is 10.9 Å². The van der Waals surface area contributed by atoms with Crippen LogP contribution in [-0.2, 0) is 17.8 Å². The Morgan fingerprint density at radius 1 is 1.14 bits per heavy atom. The van der Waals surface area contributed by atoms with E-state index in [1.165, 1.54) is 33.4 Å². The molecule has 29 heavy (non-hydrogen) atoms. The van der Waals surface area contributed by atoms with E-state index in [-0.39, 0.29) is 0 Å². The van der Waals surface area contributed by atoms with Crippen LogP contribution in [0.1, 0.15) is 28.2 Å². The van der Waals surface area contributed by atoms with E-state index >= 15 is 0 Å². The molecule has 0 spiro atoms. The van der Waals surface area contributed by atoms with E-state index in [9.17, 15) is 13.2 Å². The van der Waals surface area contributed by atoms with Crippen LogP contribution in [0.15, 0.2) is 24.3 Å². The summed E-state index contributed by atoms with van der Waals surface area (Å²) in [4.78, 5) is 14.7. The summed E-state index contributed by atoms with van der Waals surface area (Å²) < 4.78 is 31.7. The molecule has 3 N–H and O–H groups in total. The van der Waals surface area contributed by atoms with Gasteiger partial charge in [0, 0.05) is 40.9 Å². The number of H-pyrrole nitrogens is 2. The van der Waals surface area contributed by atoms with Crippen LogP contribution in [0.3, 0.4) is 0 Å². The Hall–Kier alpha value is -2.81. The van der Waals surface area contributed by atoms with E-state index in [4.69, 9.17) is 9.90 Å². The van der Waals surface area contributed by atoms with Crippen LogP contribution in [0.5, 0.6) is 0 Å². The molecule has 3 rings (SSSR count). The first kappa shape index (κ1) is 22.5. The second-order valence-corrected chi connectivity index (χ2v) is 6.98. The molecule has 0 aliphatic rings. The number of benzene rings is 1. The number of nitrogens with zero attached hydrogens (tertiary/aromatic N) is 2. The molecular weight excluding hydrogens is 385 g/mol. The Morgan fingerprint density at radius 3 is 2.31 bits per heavy atom. The zero-order valence-electron chi connectivity index (χ0n) is 16.8. The SMILES string of the molecule is Cc1n[nH]c(C)c1CN(C)CCc1c(C)[nH]c2ccccc12.O=C(O)C(F)(F)F. The molecule has 2 heterocycles. The summed E-state index contributed by atoms with van der Waals surface area (Å²) in [7, 11) is 2.18. The van der Waals surface area contributed by atoms with Gasteiger partial charge in [-0.1, -0.05) is 18.2 Å². The second-order valence-electron chi connectivity index (χ2n) is 6.98. The third-order valence-electron chi connectivity index (χ3n) is 4.72. The van der Waals surface area contributed by atoms with Crippen molar-refractivity contribution in [3.05, 3.63) is 52.5 Å². The van der Waals surface area contributed by atoms with Crippen molar-refractivity contribution < 1.29 is 23.1 Å². The molecule has 0 amide bonds. The maximum Gasteiger partial charge on any atom is 0.490 e. The Bertz CT molecular complexity index is 956. The molecule has 0 atom stereocenters. The predicted molar refractivity (Wildman–Crippen MR) is 105 cm³/mol. The first-order chi connectivity index (χ1) is 13.5. The number of carboxylic acids is 1. The Balaban J connectivity index is 0.000000370. The van der Waals surface area contributed by atoms with Gasteiger partial charge in [0.15, 0.2) is 0 Å². The van der Waals surface area contributed by atoms with Gasteiger partial charge in [0.2, 0.25) is 0 Å². The molecule has 0 aliphatic heterocycles. The number of halogens is 3. The van der Waals surface area contributed by atoms with Gasteiger partial charge in [-0.3, -0.25) is 5.10 Å². The summed E-state index contributed by atoms with van der Waals surface area (Å²) in [5.41, 5.74) is 7.55. The van der Waals surface area contributed by atoms with Crippen molar-refractivity contribution in [2.45, 2.75) is 39.9 Å². The first-order valence-corrected chi connectivity index (χ1v) is 9.06. The largest absolute Gasteiger partial charge is 0.490 e. The molecule has 0 saturated heterocycles. The highest BCUT2D eigenvalue weighted by Crippen LogP contribution is 2.22. The van der Waals surface area contributed by atoms with Crippen molar-refractivity contribution in [3.8, 4) is 0 Å². The van der Waals surface area contributed by atoms with Crippen molar-refractivity contribution in [3.63, 3.8) is 0 Å². The van der Waals surface area contributed by atoms with Gasteiger partial charge in [0.05, 0.1) is 5.69 Å². The van der Waals surface area contributed by atoms with Crippen LogP contribution in [0, 0.1) is 20.8 Å². The minimum atomic E-state index is -5.08. The highest BCUT2D eigenvalue weighted by atomic mass is 19.4. The summed E-state index contributed by atoms with van der Waals surface area (Å²) in [6, 6.07) is 8.55. The van der Waals surface area contributed by atoms with Gasteiger partial charge in [-0.15, -0.1) is 0 Å². The van der Waals surface area contributed by atoms with Crippen molar-refractivity contribution in [1.29, 1.82) is 0 Å². The lowest BCUT2D eigenvalue weighted by atomic mass is 10.1. The molecule has 1 aromatic carbocycles. The van der Waals surface area contributed by atoms with Gasteiger partial charge in [-0.05, 0) is 45.9 Å². The van der Waals surface area contributed by atoms with Crippen molar-refractivity contribution in [2.75, 3.05) is 13.6 Å². The Labute approximate surface area is 166 Å². The fourth-order valence-corrected chi connectivity index (χ4v) is 3.12. The number of carbonyl (C=O) groups is 1. The van der Waals surface area contributed by atoms with Crippen molar-refractivity contribution in [2.24, 2.45) is 0 Å². The molecular formula is C20H25F3N4O2. The normalized spacial score (nSPS) is 11.6. The number of para-hydroxylation sites is 1. The molecule has 0 radical (unpaired) electrons. The van der Waals surface area contributed by atoms with Gasteiger partial charge in [0.1, 0.15) is 0 Å². The molecule has 6 nitrogen and oxygen atoms in total. The molecule has 0 fully saturated rings. The molecule has 0 bridgehead atoms. The third-order valence-corrected chi connectivity index (χ3v) is 4.72. The molecule has 0 unspecified atom stereocenters. The number of rotatable bonds is 5. The maximum atomic E-state index is 10.6. The summed E-state index contributed by atoms with van der Waals surface area (Å²) in [5, 5.41) is 15.8. The lowest BCUT2D eigenvalue weighted by Gasteiger charge is -2.17. The van der Waals surface area contributed by atoms with Gasteiger partial charge in [-0.25, -0.2) is 4.79 Å². The van der Waals surface area contributed by atoms with E-state index in [1.54, 1.807) is 0 Å². The summed E-state index contributed by atoms with van der Waals surface area (Å²) in [5.74, 6) is -2.76. The summed E-state index contributed by atoms with van der Waals surface area (Å²) in [6.45, 7) is 8.30. The number of hydrogen-bond acceptors (Lipinski definition) is 3. The fraction of sp³-hybridized carbons (Fsp3) is 0.400. The number of alkyl halides is 3. The van der Waals surface area contributed by atoms with Crippen LogP contribution >= 0.6 is 0 Å². The van der Waals surface area contributed by atoms with Crippen molar-refractivity contribution in [1.82, 2.24) is 20.1 Å². The number of nitrogens with one attached hydrogen (secondary N) is 2. The Morgan fingerprint density at radius 2 is 1.76 bits per heavy atom. The number of aromatic amines is 2. The zero-order valence-corrected chi connectivity index (χ0v) is 16.8. The van der Waals surface area contributed by atoms with Crippen LogP contribution in [0.2, 0.25) is 0 Å². The summed E-state index contributed by atoms with van der Waals surface area (Å²) >= 11 is 0. The standard InChI is InChI=1S/C18H24N4.C2HF3O2/c1-12-15(16-7-5-6-8-18(16)19-12)9-10-22(4)11-17-13(2)20-21-14(17)3;3-2(4,5)1(6)7/h5-8,19H,9-11H2,1-4H3,(H,20,21);(H,6,7). The van der Waals surface area contributed by atoms with E-state index in [1.807, 2.05) is 0 Å². The van der Waals surface area contributed by atoms with E-state index in [0.717, 1.165) is 25.2 Å². The molecule has 158 valence electrons. The highest BCUT2D eigenvalue weighted by molar-refractivity contribution is 5.84. The third kappa shape index (κ3) is 5.83. The lowest BCUT2D eigenvalue weighted by Crippen LogP contribution is -2.21. The number of carboxylic acid groups (broad SMARTS) is 1. The zero-order chi connectivity index (χ0) is 21.8. The minimum absolute atomic E-state index is 0.940. The number of aliphatic carboxylic acids is 1. The monoisotopic (exact) mass is 410 g/mol. The number of hydrogen-bond donors (Lipinski definition) is 3. The Kier molecular flexibility index (Phi) is 7.07. The second kappa shape index (κ2) is 9.13. The maximum absolute atomic E-state index is 10.6. The molecule has 2 aromatic heterocycles. The van der Waals surface area contributed by atoms with Gasteiger partial charge in [0.25, 0.3) is 0 Å². The number of aryl methyl sites for hydroxylation is 3. The topological polar surface area (TPSA) is 85.0 Å². The lowest BCUT2D eigenvalue weighted by molar-refractivity contribution is -0.192. The summed E-state index contributed by atoms with van der Waals surface area (Å²) in [6.07, 6.45) is -4.03. The van der Waals surface area contributed by atoms with Crippen LogP contribution in [-0.4, -0.2) is 50.9 Å². The molecule has 0 aliphatic carbocycles. The number of aromatic nitrogens is 3. The van der Waals surface area contributed by atoms with Gasteiger partial charge in [-0.2, -0.15) is 18.3 Å². The van der Waals surface area contributed by atoms with E-state index in [2.05, 4.69) is 72.2 Å². The quantitative estimate of drug-likeness (QED) is 0.591. The van der Waals surface area contributed by atoms with Gasteiger partial charge >= 0.3 is 12.1 Å². The smallest absolute Gasteiger partial charge is 0.475 e. The highest BCUT2D eigenvalue weighted by Gasteiger charge is 2.38. The minimum Gasteiger partial charge on any atom is -0.475 e. The molecule has 9 heteroatoms. The average molecular weight is 410 g/mol. The molecule has 3 aromatic rings. The predicted octanol–water partition coefficient (Wildman–Crippen LogP) is 4.12. The average Bonchev–Trinajstić information content (AvgIpc) is 3.12.